The molecular weight excluding hydrogens is 538 g/mol. The van der Waals surface area contributed by atoms with E-state index in [1.165, 1.54) is 24.9 Å². The van der Waals surface area contributed by atoms with E-state index in [0.717, 1.165) is 31.2 Å². The van der Waals surface area contributed by atoms with Crippen molar-refractivity contribution in [2.45, 2.75) is 110 Å². The van der Waals surface area contributed by atoms with Crippen LogP contribution in [0.1, 0.15) is 97.5 Å². The van der Waals surface area contributed by atoms with Gasteiger partial charge in [0, 0.05) is 38.1 Å². The third kappa shape index (κ3) is 12.7. The minimum absolute atomic E-state index is 0.0138. The molecule has 0 bridgehead atoms. The molecule has 0 aliphatic heterocycles. The first-order valence-electron chi connectivity index (χ1n) is 15.0. The number of nitrogens with zero attached hydrogens (tertiary/aromatic N) is 1. The van der Waals surface area contributed by atoms with Crippen molar-refractivity contribution in [2.75, 3.05) is 28.4 Å². The molecule has 42 heavy (non-hydrogen) atoms. The average Bonchev–Trinajstić information content (AvgIpc) is 2.96. The van der Waals surface area contributed by atoms with Crippen LogP contribution < -0.4 is 20.1 Å². The summed E-state index contributed by atoms with van der Waals surface area (Å²) in [5, 5.41) is 5.65. The highest BCUT2D eigenvalue weighted by Gasteiger charge is 2.38. The second kappa shape index (κ2) is 19.0. The standard InChI is InChI=1S/C32H53N3O7/c1-9-10-11-12-13-14-15-28(36)33-26(20-23(2)3)30(38)34-32(4,31(39)42-8)19-18-29(37)35(5)22-24-16-17-25(40-6)21-27(24)41-7/h16-17,21,23,26H,9-15,18-20,22H2,1-8H3,(H,33,36)(H,34,38). The van der Waals surface area contributed by atoms with Crippen molar-refractivity contribution >= 4 is 23.7 Å². The van der Waals surface area contributed by atoms with Crippen molar-refractivity contribution in [3.8, 4) is 11.5 Å². The van der Waals surface area contributed by atoms with E-state index in [2.05, 4.69) is 17.6 Å². The van der Waals surface area contributed by atoms with Gasteiger partial charge in [-0.05, 0) is 44.2 Å². The lowest BCUT2D eigenvalue weighted by atomic mass is 9.93. The highest BCUT2D eigenvalue weighted by atomic mass is 16.5. The minimum Gasteiger partial charge on any atom is -0.497 e. The molecule has 0 heterocycles. The Kier molecular flexibility index (Phi) is 16.6. The van der Waals surface area contributed by atoms with E-state index in [0.29, 0.717) is 24.3 Å². The third-order valence-electron chi connectivity index (χ3n) is 7.32. The molecule has 3 amide bonds. The second-order valence-corrected chi connectivity index (χ2v) is 11.5. The fourth-order valence-corrected chi connectivity index (χ4v) is 4.71. The predicted octanol–water partition coefficient (Wildman–Crippen LogP) is 4.77. The summed E-state index contributed by atoms with van der Waals surface area (Å²) in [7, 11) is 6.02. The van der Waals surface area contributed by atoms with Gasteiger partial charge in [-0.1, -0.05) is 52.9 Å². The number of ether oxygens (including phenoxy) is 3. The van der Waals surface area contributed by atoms with Crippen LogP contribution in [0, 0.1) is 5.92 Å². The van der Waals surface area contributed by atoms with Crippen molar-refractivity contribution in [1.29, 1.82) is 0 Å². The predicted molar refractivity (Wildman–Crippen MR) is 163 cm³/mol. The lowest BCUT2D eigenvalue weighted by Crippen LogP contribution is -2.58. The van der Waals surface area contributed by atoms with E-state index in [1.807, 2.05) is 19.9 Å². The summed E-state index contributed by atoms with van der Waals surface area (Å²) in [5.41, 5.74) is -0.661. The monoisotopic (exact) mass is 591 g/mol. The van der Waals surface area contributed by atoms with Gasteiger partial charge in [-0.2, -0.15) is 0 Å². The quantitative estimate of drug-likeness (QED) is 0.165. The first kappa shape index (κ1) is 36.7. The molecule has 1 rings (SSSR count). The number of amides is 3. The lowest BCUT2D eigenvalue weighted by Gasteiger charge is -2.31. The zero-order valence-corrected chi connectivity index (χ0v) is 27.0. The van der Waals surface area contributed by atoms with Crippen molar-refractivity contribution in [2.24, 2.45) is 5.92 Å². The number of hydrogen-bond acceptors (Lipinski definition) is 7. The molecule has 2 atom stereocenters. The Hall–Kier alpha value is -3.30. The number of nitrogens with one attached hydrogen (secondary N) is 2. The molecule has 2 N–H and O–H groups in total. The van der Waals surface area contributed by atoms with E-state index in [9.17, 15) is 19.2 Å². The van der Waals surface area contributed by atoms with Crippen LogP contribution in [0.2, 0.25) is 0 Å². The van der Waals surface area contributed by atoms with Gasteiger partial charge < -0.3 is 29.7 Å². The van der Waals surface area contributed by atoms with E-state index in [4.69, 9.17) is 14.2 Å². The lowest BCUT2D eigenvalue weighted by molar-refractivity contribution is -0.151. The first-order valence-corrected chi connectivity index (χ1v) is 15.0. The first-order chi connectivity index (χ1) is 19.9. The Balaban J connectivity index is 2.86. The molecular formula is C32H53N3O7. The average molecular weight is 592 g/mol. The van der Waals surface area contributed by atoms with Crippen molar-refractivity contribution < 1.29 is 33.4 Å². The summed E-state index contributed by atoms with van der Waals surface area (Å²) in [4.78, 5) is 53.5. The molecule has 0 saturated carbocycles. The zero-order valence-electron chi connectivity index (χ0n) is 27.0. The molecule has 0 aliphatic carbocycles. The van der Waals surface area contributed by atoms with Gasteiger partial charge in [0.05, 0.1) is 21.3 Å². The Morgan fingerprint density at radius 2 is 1.62 bits per heavy atom. The summed E-state index contributed by atoms with van der Waals surface area (Å²) < 4.78 is 15.7. The van der Waals surface area contributed by atoms with Crippen LogP contribution in [0.25, 0.3) is 0 Å². The molecule has 1 aromatic carbocycles. The SMILES string of the molecule is CCCCCCCCC(=O)NC(CC(C)C)C(=O)NC(C)(CCC(=O)N(C)Cc1ccc(OC)cc1OC)C(=O)OC. The number of benzene rings is 1. The van der Waals surface area contributed by atoms with Gasteiger partial charge in [-0.15, -0.1) is 0 Å². The highest BCUT2D eigenvalue weighted by Crippen LogP contribution is 2.26. The maximum Gasteiger partial charge on any atom is 0.331 e. The third-order valence-corrected chi connectivity index (χ3v) is 7.32. The highest BCUT2D eigenvalue weighted by molar-refractivity contribution is 5.92. The molecule has 0 fully saturated rings. The van der Waals surface area contributed by atoms with Gasteiger partial charge in [0.15, 0.2) is 0 Å². The Labute approximate surface area is 252 Å². The van der Waals surface area contributed by atoms with E-state index in [1.54, 1.807) is 40.3 Å². The Morgan fingerprint density at radius 3 is 2.21 bits per heavy atom. The maximum atomic E-state index is 13.4. The fourth-order valence-electron chi connectivity index (χ4n) is 4.71. The number of carbonyl (C=O) groups excluding carboxylic acids is 4. The Bertz CT molecular complexity index is 1010. The number of carbonyl (C=O) groups is 4. The van der Waals surface area contributed by atoms with Crippen LogP contribution in [0.4, 0.5) is 0 Å². The van der Waals surface area contributed by atoms with Gasteiger partial charge >= 0.3 is 5.97 Å². The van der Waals surface area contributed by atoms with Gasteiger partial charge in [0.25, 0.3) is 0 Å². The number of methoxy groups -OCH3 is 3. The molecule has 0 radical (unpaired) electrons. The van der Waals surface area contributed by atoms with Gasteiger partial charge in [-0.3, -0.25) is 14.4 Å². The molecule has 238 valence electrons. The number of esters is 1. The zero-order chi connectivity index (χ0) is 31.7. The number of unbranched alkanes of at least 4 members (excludes halogenated alkanes) is 5. The van der Waals surface area contributed by atoms with Crippen molar-refractivity contribution in [3.05, 3.63) is 23.8 Å². The Morgan fingerprint density at radius 1 is 0.952 bits per heavy atom. The van der Waals surface area contributed by atoms with Crippen molar-refractivity contribution in [3.63, 3.8) is 0 Å². The topological polar surface area (TPSA) is 123 Å². The van der Waals surface area contributed by atoms with Crippen LogP contribution in [0.15, 0.2) is 18.2 Å². The van der Waals surface area contributed by atoms with Crippen LogP contribution >= 0.6 is 0 Å². The fraction of sp³-hybridized carbons (Fsp3) is 0.688. The summed E-state index contributed by atoms with van der Waals surface area (Å²) in [5.74, 6) is -0.176. The molecule has 2 unspecified atom stereocenters. The van der Waals surface area contributed by atoms with E-state index in [-0.39, 0.29) is 37.1 Å². The minimum atomic E-state index is -1.46. The van der Waals surface area contributed by atoms with Crippen LogP contribution in [-0.2, 0) is 30.5 Å². The summed E-state index contributed by atoms with van der Waals surface area (Å²) >= 11 is 0. The molecule has 0 saturated heterocycles. The molecule has 10 heteroatoms. The number of hydrogen-bond donors (Lipinski definition) is 2. The smallest absolute Gasteiger partial charge is 0.331 e. The van der Waals surface area contributed by atoms with Crippen LogP contribution in [0.5, 0.6) is 11.5 Å². The van der Waals surface area contributed by atoms with E-state index < -0.39 is 23.5 Å². The summed E-state index contributed by atoms with van der Waals surface area (Å²) in [6, 6.07) is 4.57. The normalized spacial score (nSPS) is 13.1. The van der Waals surface area contributed by atoms with Crippen LogP contribution in [-0.4, -0.2) is 68.5 Å². The maximum absolute atomic E-state index is 13.4. The van der Waals surface area contributed by atoms with Crippen molar-refractivity contribution in [1.82, 2.24) is 15.5 Å². The molecule has 0 aromatic heterocycles. The molecule has 10 nitrogen and oxygen atoms in total. The molecule has 0 aliphatic rings. The molecule has 0 spiro atoms. The summed E-state index contributed by atoms with van der Waals surface area (Å²) in [6.07, 6.45) is 7.13. The van der Waals surface area contributed by atoms with E-state index >= 15 is 0 Å². The summed E-state index contributed by atoms with van der Waals surface area (Å²) in [6.45, 7) is 7.92. The van der Waals surface area contributed by atoms with Gasteiger partial charge in [-0.25, -0.2) is 4.79 Å². The second-order valence-electron chi connectivity index (χ2n) is 11.5. The van der Waals surface area contributed by atoms with Gasteiger partial charge in [0.1, 0.15) is 23.1 Å². The number of rotatable bonds is 20. The largest absolute Gasteiger partial charge is 0.497 e. The molecule has 1 aromatic rings. The van der Waals surface area contributed by atoms with Gasteiger partial charge in [0.2, 0.25) is 17.7 Å². The van der Waals surface area contributed by atoms with Crippen LogP contribution in [0.3, 0.4) is 0 Å².